The summed E-state index contributed by atoms with van der Waals surface area (Å²) < 4.78 is 58.3. The molecule has 0 aliphatic carbocycles. The number of rotatable bonds is 7. The lowest BCUT2D eigenvalue weighted by Crippen LogP contribution is -2.24. The van der Waals surface area contributed by atoms with Gasteiger partial charge in [0.2, 0.25) is 0 Å². The third-order valence-electron chi connectivity index (χ3n) is 4.10. The minimum atomic E-state index is -4.44. The van der Waals surface area contributed by atoms with Crippen LogP contribution in [-0.4, -0.2) is 17.4 Å². The number of carbonyl (C=O) groups is 1. The first-order valence-corrected chi connectivity index (χ1v) is 9.98. The molecular weight excluding hydrogens is 420 g/mol. The fourth-order valence-electron chi connectivity index (χ4n) is 2.59. The lowest BCUT2D eigenvalue weighted by atomic mass is 10.1. The quantitative estimate of drug-likeness (QED) is 0.483. The molecule has 0 spiro atoms. The monoisotopic (exact) mass is 438 g/mol. The minimum absolute atomic E-state index is 0.137. The molecule has 0 aliphatic heterocycles. The molecule has 4 nitrogen and oxygen atoms in total. The third kappa shape index (κ3) is 5.35. The highest BCUT2D eigenvalue weighted by Crippen LogP contribution is 2.31. The topological polar surface area (TPSA) is 51.2 Å². The molecular formula is C21H18F4N2O2S. The van der Waals surface area contributed by atoms with E-state index in [-0.39, 0.29) is 29.5 Å². The second kappa shape index (κ2) is 9.25. The van der Waals surface area contributed by atoms with Crippen LogP contribution >= 0.6 is 11.3 Å². The van der Waals surface area contributed by atoms with Gasteiger partial charge in [0.15, 0.2) is 0 Å². The SMILES string of the molecule is CCCNC(=O)c1csc(-c2ccc(OCc3cccc(C(F)(F)F)c3)cc2F)n1. The smallest absolute Gasteiger partial charge is 0.416 e. The first-order chi connectivity index (χ1) is 14.3. The molecule has 1 heterocycles. The molecule has 1 N–H and O–H groups in total. The highest BCUT2D eigenvalue weighted by atomic mass is 32.1. The molecule has 0 bridgehead atoms. The molecule has 3 rings (SSSR count). The van der Waals surface area contributed by atoms with Gasteiger partial charge in [0.1, 0.15) is 28.9 Å². The van der Waals surface area contributed by atoms with Crippen LogP contribution < -0.4 is 10.1 Å². The highest BCUT2D eigenvalue weighted by Gasteiger charge is 2.30. The number of halogens is 4. The molecule has 0 saturated carbocycles. The number of nitrogens with one attached hydrogen (secondary N) is 1. The van der Waals surface area contributed by atoms with Crippen LogP contribution in [0.25, 0.3) is 10.6 Å². The molecule has 0 saturated heterocycles. The average Bonchev–Trinajstić information content (AvgIpc) is 3.20. The Morgan fingerprint density at radius 2 is 2.00 bits per heavy atom. The van der Waals surface area contributed by atoms with E-state index in [9.17, 15) is 22.4 Å². The second-order valence-corrected chi connectivity index (χ2v) is 7.28. The number of hydrogen-bond donors (Lipinski definition) is 1. The second-order valence-electron chi connectivity index (χ2n) is 6.42. The van der Waals surface area contributed by atoms with Gasteiger partial charge >= 0.3 is 6.18 Å². The Morgan fingerprint density at radius 3 is 2.70 bits per heavy atom. The van der Waals surface area contributed by atoms with Crippen LogP contribution in [0.1, 0.15) is 35.0 Å². The van der Waals surface area contributed by atoms with Gasteiger partial charge in [0.05, 0.1) is 5.56 Å². The molecule has 0 atom stereocenters. The van der Waals surface area contributed by atoms with Crippen LogP contribution in [0.15, 0.2) is 47.8 Å². The molecule has 0 unspecified atom stereocenters. The number of hydrogen-bond acceptors (Lipinski definition) is 4. The summed E-state index contributed by atoms with van der Waals surface area (Å²) in [6.45, 7) is 2.32. The van der Waals surface area contributed by atoms with Gasteiger partial charge in [-0.05, 0) is 36.2 Å². The van der Waals surface area contributed by atoms with Crippen LogP contribution in [0, 0.1) is 5.82 Å². The highest BCUT2D eigenvalue weighted by molar-refractivity contribution is 7.13. The van der Waals surface area contributed by atoms with Crippen molar-refractivity contribution in [2.75, 3.05) is 6.54 Å². The lowest BCUT2D eigenvalue weighted by Gasteiger charge is -2.10. The molecule has 30 heavy (non-hydrogen) atoms. The maximum atomic E-state index is 14.5. The number of alkyl halides is 3. The number of amides is 1. The summed E-state index contributed by atoms with van der Waals surface area (Å²) in [6, 6.07) is 8.87. The lowest BCUT2D eigenvalue weighted by molar-refractivity contribution is -0.137. The van der Waals surface area contributed by atoms with Crippen LogP contribution in [0.3, 0.4) is 0 Å². The summed E-state index contributed by atoms with van der Waals surface area (Å²) in [6.07, 6.45) is -3.65. The van der Waals surface area contributed by atoms with Gasteiger partial charge in [-0.15, -0.1) is 11.3 Å². The van der Waals surface area contributed by atoms with E-state index in [1.165, 1.54) is 24.3 Å². The fourth-order valence-corrected chi connectivity index (χ4v) is 3.42. The standard InChI is InChI=1S/C21H18F4N2O2S/c1-2-8-26-19(28)18-12-30-20(27-18)16-7-6-15(10-17(16)22)29-11-13-4-3-5-14(9-13)21(23,24)25/h3-7,9-10,12H,2,8,11H2,1H3,(H,26,28). The van der Waals surface area contributed by atoms with E-state index in [0.717, 1.165) is 36.0 Å². The Balaban J connectivity index is 1.69. The predicted molar refractivity (Wildman–Crippen MR) is 106 cm³/mol. The summed E-state index contributed by atoms with van der Waals surface area (Å²) in [7, 11) is 0. The van der Waals surface area contributed by atoms with Crippen molar-refractivity contribution in [1.82, 2.24) is 10.3 Å². The van der Waals surface area contributed by atoms with Gasteiger partial charge in [0.25, 0.3) is 5.91 Å². The van der Waals surface area contributed by atoms with E-state index in [4.69, 9.17) is 4.74 Å². The Bertz CT molecular complexity index is 1030. The van der Waals surface area contributed by atoms with E-state index < -0.39 is 17.6 Å². The zero-order valence-corrected chi connectivity index (χ0v) is 16.7. The Kier molecular flexibility index (Phi) is 6.71. The van der Waals surface area contributed by atoms with Crippen LogP contribution in [-0.2, 0) is 12.8 Å². The average molecular weight is 438 g/mol. The van der Waals surface area contributed by atoms with E-state index in [2.05, 4.69) is 10.3 Å². The number of benzene rings is 2. The largest absolute Gasteiger partial charge is 0.489 e. The number of aromatic nitrogens is 1. The summed E-state index contributed by atoms with van der Waals surface area (Å²) in [5.74, 6) is -0.752. The summed E-state index contributed by atoms with van der Waals surface area (Å²) in [4.78, 5) is 16.1. The summed E-state index contributed by atoms with van der Waals surface area (Å²) in [5.41, 5.74) is -0.0293. The normalized spacial score (nSPS) is 11.4. The minimum Gasteiger partial charge on any atom is -0.489 e. The molecule has 1 aromatic heterocycles. The van der Waals surface area contributed by atoms with Gasteiger partial charge in [-0.1, -0.05) is 19.1 Å². The van der Waals surface area contributed by atoms with Crippen molar-refractivity contribution in [3.8, 4) is 16.3 Å². The molecule has 1 amide bonds. The number of nitrogens with zero attached hydrogens (tertiary/aromatic N) is 1. The van der Waals surface area contributed by atoms with Gasteiger partial charge in [0, 0.05) is 23.6 Å². The first-order valence-electron chi connectivity index (χ1n) is 9.10. The molecule has 0 radical (unpaired) electrons. The van der Waals surface area contributed by atoms with Crippen molar-refractivity contribution < 1.29 is 27.1 Å². The zero-order valence-electron chi connectivity index (χ0n) is 15.9. The fraction of sp³-hybridized carbons (Fsp3) is 0.238. The molecule has 3 aromatic rings. The van der Waals surface area contributed by atoms with Crippen molar-refractivity contribution in [3.05, 3.63) is 70.5 Å². The van der Waals surface area contributed by atoms with E-state index in [1.807, 2.05) is 6.92 Å². The molecule has 2 aromatic carbocycles. The van der Waals surface area contributed by atoms with E-state index >= 15 is 0 Å². The van der Waals surface area contributed by atoms with Crippen molar-refractivity contribution in [2.45, 2.75) is 26.1 Å². The molecule has 9 heteroatoms. The maximum absolute atomic E-state index is 14.5. The van der Waals surface area contributed by atoms with Crippen LogP contribution in [0.5, 0.6) is 5.75 Å². The van der Waals surface area contributed by atoms with Crippen molar-refractivity contribution >= 4 is 17.2 Å². The van der Waals surface area contributed by atoms with Crippen molar-refractivity contribution in [2.24, 2.45) is 0 Å². The number of carbonyl (C=O) groups excluding carboxylic acids is 1. The Morgan fingerprint density at radius 1 is 1.20 bits per heavy atom. The zero-order chi connectivity index (χ0) is 21.7. The third-order valence-corrected chi connectivity index (χ3v) is 4.98. The maximum Gasteiger partial charge on any atom is 0.416 e. The number of thiazole rings is 1. The van der Waals surface area contributed by atoms with E-state index in [1.54, 1.807) is 5.38 Å². The molecule has 0 fully saturated rings. The Labute approximate surface area is 174 Å². The first kappa shape index (κ1) is 21.8. The van der Waals surface area contributed by atoms with Crippen molar-refractivity contribution in [1.29, 1.82) is 0 Å². The predicted octanol–water partition coefficient (Wildman–Crippen LogP) is 5.69. The van der Waals surface area contributed by atoms with Gasteiger partial charge in [-0.25, -0.2) is 9.37 Å². The molecule has 158 valence electrons. The van der Waals surface area contributed by atoms with Gasteiger partial charge in [-0.3, -0.25) is 4.79 Å². The number of ether oxygens (including phenoxy) is 1. The Hall–Kier alpha value is -2.94. The summed E-state index contributed by atoms with van der Waals surface area (Å²) >= 11 is 1.14. The summed E-state index contributed by atoms with van der Waals surface area (Å²) in [5, 5.41) is 4.60. The van der Waals surface area contributed by atoms with Gasteiger partial charge in [-0.2, -0.15) is 13.2 Å². The molecule has 0 aliphatic rings. The van der Waals surface area contributed by atoms with E-state index in [0.29, 0.717) is 17.1 Å². The van der Waals surface area contributed by atoms with Crippen molar-refractivity contribution in [3.63, 3.8) is 0 Å². The van der Waals surface area contributed by atoms with Crippen LogP contribution in [0.2, 0.25) is 0 Å². The van der Waals surface area contributed by atoms with Crippen LogP contribution in [0.4, 0.5) is 17.6 Å². The van der Waals surface area contributed by atoms with Gasteiger partial charge < -0.3 is 10.1 Å².